The third-order valence-electron chi connectivity index (χ3n) is 9.49. The second kappa shape index (κ2) is 11.0. The van der Waals surface area contributed by atoms with Crippen molar-refractivity contribution in [3.8, 4) is 11.3 Å². The number of fused-ring (bicyclic) bond motifs is 7. The van der Waals surface area contributed by atoms with Crippen molar-refractivity contribution < 1.29 is 4.42 Å². The predicted octanol–water partition coefficient (Wildman–Crippen LogP) is 10.6. The van der Waals surface area contributed by atoms with Crippen LogP contribution in [0.25, 0.3) is 65.5 Å². The van der Waals surface area contributed by atoms with Crippen LogP contribution in [0.2, 0.25) is 0 Å². The number of benzene rings is 7. The number of hydrogen-bond donors (Lipinski definition) is 1. The Kier molecular flexibility index (Phi) is 6.18. The third kappa shape index (κ3) is 4.67. The molecule has 1 atom stereocenters. The maximum absolute atomic E-state index is 6.51. The largest absolute Gasteiger partial charge is 0.456 e. The Morgan fingerprint density at radius 2 is 1.22 bits per heavy atom. The maximum atomic E-state index is 6.51. The van der Waals surface area contributed by atoms with Crippen LogP contribution in [0.15, 0.2) is 172 Å². The van der Waals surface area contributed by atoms with E-state index in [1.807, 2.05) is 48.5 Å². The van der Waals surface area contributed by atoms with Gasteiger partial charge in [-0.15, -0.1) is 0 Å². The van der Waals surface area contributed by atoms with Gasteiger partial charge < -0.3 is 9.73 Å². The summed E-state index contributed by atoms with van der Waals surface area (Å²) < 4.78 is 6.51. The van der Waals surface area contributed by atoms with Gasteiger partial charge in [0.1, 0.15) is 23.0 Å². The van der Waals surface area contributed by atoms with E-state index in [-0.39, 0.29) is 6.17 Å². The number of hydrogen-bond acceptors (Lipinski definition) is 5. The molecule has 0 radical (unpaired) electrons. The molecule has 5 nitrogen and oxygen atoms in total. The summed E-state index contributed by atoms with van der Waals surface area (Å²) in [6.07, 6.45) is -0.375. The van der Waals surface area contributed by atoms with Gasteiger partial charge in [-0.05, 0) is 56.1 Å². The highest BCUT2D eigenvalue weighted by atomic mass is 16.3. The van der Waals surface area contributed by atoms with Crippen LogP contribution in [-0.4, -0.2) is 16.7 Å². The normalized spacial score (nSPS) is 14.7. The van der Waals surface area contributed by atoms with Gasteiger partial charge in [0.15, 0.2) is 11.7 Å². The second-order valence-corrected chi connectivity index (χ2v) is 12.5. The summed E-state index contributed by atoms with van der Waals surface area (Å²) in [6.45, 7) is 0. The van der Waals surface area contributed by atoms with E-state index in [0.717, 1.165) is 60.8 Å². The number of nitrogens with one attached hydrogen (secondary N) is 1. The number of pyridine rings is 1. The van der Waals surface area contributed by atoms with E-state index in [0.29, 0.717) is 11.7 Å². The molecule has 7 aromatic carbocycles. The molecule has 0 bridgehead atoms. The standard InChI is InChI=1S/C44H28N4O/c1-2-12-29(13-3-1)42-46-43(33-21-18-27-10-4-5-14-30(27)24-33)48-44(47-42)41-40-36-16-8-9-17-38(36)49-39(40)26-37(45-41)32-22-23-35-31(25-32)20-19-28-11-6-7-15-34(28)35/h1-26,43H,(H,46,47,48). The second-order valence-electron chi connectivity index (χ2n) is 12.5. The van der Waals surface area contributed by atoms with Crippen LogP contribution < -0.4 is 5.32 Å². The molecule has 0 saturated heterocycles. The molecule has 2 aromatic heterocycles. The first kappa shape index (κ1) is 27.5. The van der Waals surface area contributed by atoms with Gasteiger partial charge in [-0.1, -0.05) is 133 Å². The molecule has 0 saturated carbocycles. The lowest BCUT2D eigenvalue weighted by molar-refractivity contribution is 0.667. The summed E-state index contributed by atoms with van der Waals surface area (Å²) in [7, 11) is 0. The lowest BCUT2D eigenvalue weighted by Gasteiger charge is -2.24. The molecule has 1 unspecified atom stereocenters. The number of rotatable bonds is 4. The van der Waals surface area contributed by atoms with Gasteiger partial charge in [0.2, 0.25) is 0 Å². The maximum Gasteiger partial charge on any atom is 0.159 e. The minimum absolute atomic E-state index is 0.375. The van der Waals surface area contributed by atoms with Gasteiger partial charge >= 0.3 is 0 Å². The summed E-state index contributed by atoms with van der Waals surface area (Å²) in [4.78, 5) is 15.7. The Morgan fingerprint density at radius 1 is 0.510 bits per heavy atom. The van der Waals surface area contributed by atoms with Crippen LogP contribution in [0, 0.1) is 0 Å². The van der Waals surface area contributed by atoms with Crippen LogP contribution in [0.4, 0.5) is 0 Å². The Balaban J connectivity index is 1.18. The van der Waals surface area contributed by atoms with E-state index in [1.165, 1.54) is 21.5 Å². The van der Waals surface area contributed by atoms with E-state index in [2.05, 4.69) is 115 Å². The van der Waals surface area contributed by atoms with Crippen molar-refractivity contribution in [2.75, 3.05) is 0 Å². The SMILES string of the molecule is c1ccc(C2=NC(c3ccc4ccccc4c3)NC(c3nc(-c4ccc5c(ccc6ccccc65)c4)cc4oc5ccccc5c34)=N2)cc1. The quantitative estimate of drug-likeness (QED) is 0.197. The number of nitrogens with zero attached hydrogens (tertiary/aromatic N) is 3. The van der Waals surface area contributed by atoms with E-state index < -0.39 is 0 Å². The first-order chi connectivity index (χ1) is 24.2. The van der Waals surface area contributed by atoms with E-state index in [1.54, 1.807) is 0 Å². The molecule has 1 aliphatic rings. The first-order valence-electron chi connectivity index (χ1n) is 16.5. The monoisotopic (exact) mass is 628 g/mol. The molecule has 3 heterocycles. The zero-order chi connectivity index (χ0) is 32.3. The van der Waals surface area contributed by atoms with Crippen LogP contribution in [0.5, 0.6) is 0 Å². The molecule has 0 aliphatic carbocycles. The van der Waals surface area contributed by atoms with Crippen molar-refractivity contribution >= 4 is 65.9 Å². The average molecular weight is 629 g/mol. The molecular formula is C44H28N4O. The van der Waals surface area contributed by atoms with Gasteiger partial charge in [-0.2, -0.15) is 0 Å². The molecule has 0 spiro atoms. The fourth-order valence-corrected chi connectivity index (χ4v) is 7.07. The highest BCUT2D eigenvalue weighted by Gasteiger charge is 2.26. The van der Waals surface area contributed by atoms with Crippen molar-refractivity contribution in [2.24, 2.45) is 9.98 Å². The van der Waals surface area contributed by atoms with Crippen LogP contribution in [0.3, 0.4) is 0 Å². The number of para-hydroxylation sites is 1. The fourth-order valence-electron chi connectivity index (χ4n) is 7.07. The molecule has 49 heavy (non-hydrogen) atoms. The topological polar surface area (TPSA) is 62.8 Å². The Labute approximate surface area is 281 Å². The van der Waals surface area contributed by atoms with Crippen molar-refractivity contribution in [1.29, 1.82) is 0 Å². The van der Waals surface area contributed by atoms with Crippen molar-refractivity contribution in [2.45, 2.75) is 6.17 Å². The minimum Gasteiger partial charge on any atom is -0.456 e. The molecule has 1 N–H and O–H groups in total. The molecule has 230 valence electrons. The highest BCUT2D eigenvalue weighted by molar-refractivity contribution is 6.21. The summed E-state index contributed by atoms with van der Waals surface area (Å²) in [5, 5.41) is 12.8. The summed E-state index contributed by atoms with van der Waals surface area (Å²) in [6, 6.07) is 54.7. The smallest absolute Gasteiger partial charge is 0.159 e. The molecule has 9 aromatic rings. The van der Waals surface area contributed by atoms with Crippen molar-refractivity contribution in [3.05, 3.63) is 175 Å². The van der Waals surface area contributed by atoms with Gasteiger partial charge in [-0.25, -0.2) is 15.0 Å². The lowest BCUT2D eigenvalue weighted by atomic mass is 9.98. The molecule has 10 rings (SSSR count). The van der Waals surface area contributed by atoms with Crippen molar-refractivity contribution in [1.82, 2.24) is 10.3 Å². The van der Waals surface area contributed by atoms with Crippen LogP contribution >= 0.6 is 0 Å². The van der Waals surface area contributed by atoms with Gasteiger partial charge in [-0.3, -0.25) is 0 Å². The average Bonchev–Trinajstić information content (AvgIpc) is 3.56. The van der Waals surface area contributed by atoms with E-state index in [9.17, 15) is 0 Å². The Morgan fingerprint density at radius 3 is 2.12 bits per heavy atom. The number of amidine groups is 2. The van der Waals surface area contributed by atoms with Gasteiger partial charge in [0.05, 0.1) is 11.1 Å². The van der Waals surface area contributed by atoms with Gasteiger partial charge in [0.25, 0.3) is 0 Å². The first-order valence-corrected chi connectivity index (χ1v) is 16.5. The lowest BCUT2D eigenvalue weighted by Crippen LogP contribution is -2.34. The van der Waals surface area contributed by atoms with Crippen LogP contribution in [-0.2, 0) is 0 Å². The van der Waals surface area contributed by atoms with E-state index >= 15 is 0 Å². The van der Waals surface area contributed by atoms with E-state index in [4.69, 9.17) is 19.4 Å². The zero-order valence-corrected chi connectivity index (χ0v) is 26.3. The molecule has 0 fully saturated rings. The molecule has 0 amide bonds. The van der Waals surface area contributed by atoms with Crippen molar-refractivity contribution in [3.63, 3.8) is 0 Å². The number of aromatic nitrogens is 1. The number of furan rings is 1. The summed E-state index contributed by atoms with van der Waals surface area (Å²) >= 11 is 0. The Bertz CT molecular complexity index is 2810. The summed E-state index contributed by atoms with van der Waals surface area (Å²) in [5.41, 5.74) is 6.10. The number of aliphatic imine (C=N–C) groups is 2. The fraction of sp³-hybridized carbons (Fsp3) is 0.0227. The van der Waals surface area contributed by atoms with Crippen LogP contribution in [0.1, 0.15) is 23.0 Å². The highest BCUT2D eigenvalue weighted by Crippen LogP contribution is 2.36. The molecular weight excluding hydrogens is 601 g/mol. The molecule has 1 aliphatic heterocycles. The predicted molar refractivity (Wildman–Crippen MR) is 201 cm³/mol. The molecule has 5 heteroatoms. The summed E-state index contributed by atoms with van der Waals surface area (Å²) in [5.74, 6) is 1.30. The zero-order valence-electron chi connectivity index (χ0n) is 26.3. The minimum atomic E-state index is -0.375. The third-order valence-corrected chi connectivity index (χ3v) is 9.49. The Hall–Kier alpha value is -6.59. The van der Waals surface area contributed by atoms with Gasteiger partial charge in [0, 0.05) is 22.6 Å².